The molecule has 1 aromatic heterocycles. The number of ether oxygens (including phenoxy) is 1. The fourth-order valence-electron chi connectivity index (χ4n) is 3.93. The number of pyridine rings is 1. The Morgan fingerprint density at radius 1 is 1.13 bits per heavy atom. The van der Waals surface area contributed by atoms with E-state index in [0.717, 1.165) is 17.7 Å². The molecule has 2 amide bonds. The summed E-state index contributed by atoms with van der Waals surface area (Å²) in [5.41, 5.74) is 1.13. The number of carbonyl (C=O) groups excluding carboxylic acids is 3. The van der Waals surface area contributed by atoms with E-state index in [1.165, 1.54) is 23.4 Å². The van der Waals surface area contributed by atoms with Crippen LogP contribution < -0.4 is 0 Å². The Morgan fingerprint density at radius 2 is 1.80 bits per heavy atom. The first-order chi connectivity index (χ1) is 14.2. The van der Waals surface area contributed by atoms with E-state index >= 15 is 0 Å². The number of fused-ring (bicyclic) bond motifs is 3. The minimum atomic E-state index is -3.69. The summed E-state index contributed by atoms with van der Waals surface area (Å²) >= 11 is 0. The summed E-state index contributed by atoms with van der Waals surface area (Å²) in [5, 5.41) is 0.323. The standard InChI is InChI=1S/C20H21N3O6S/c1-12-17-18(20(26)23(19(17)25)9-10-29-13(2)24)15-11-14(5-6-16(15)21-12)30(27,28)22-7-3-4-8-22/h5-6,11H,3-4,7-10H2,1-2H3. The maximum absolute atomic E-state index is 13.0. The van der Waals surface area contributed by atoms with Gasteiger partial charge in [0.25, 0.3) is 11.8 Å². The van der Waals surface area contributed by atoms with Gasteiger partial charge in [0, 0.05) is 25.4 Å². The van der Waals surface area contributed by atoms with Crippen molar-refractivity contribution in [1.29, 1.82) is 0 Å². The van der Waals surface area contributed by atoms with Crippen molar-refractivity contribution in [3.05, 3.63) is 35.0 Å². The van der Waals surface area contributed by atoms with Gasteiger partial charge in [-0.2, -0.15) is 4.31 Å². The third-order valence-corrected chi connectivity index (χ3v) is 7.27. The Balaban J connectivity index is 1.79. The molecule has 4 rings (SSSR count). The zero-order valence-corrected chi connectivity index (χ0v) is 17.5. The first-order valence-electron chi connectivity index (χ1n) is 9.66. The SMILES string of the molecule is CC(=O)OCCN1C(=O)c2c(C)nc3ccc(S(=O)(=O)N4CCCC4)cc3c2C1=O. The minimum Gasteiger partial charge on any atom is -0.464 e. The van der Waals surface area contributed by atoms with Crippen LogP contribution in [0.5, 0.6) is 0 Å². The van der Waals surface area contributed by atoms with Crippen molar-refractivity contribution < 1.29 is 27.5 Å². The second-order valence-corrected chi connectivity index (χ2v) is 9.28. The molecule has 9 nitrogen and oxygen atoms in total. The second-order valence-electron chi connectivity index (χ2n) is 7.34. The summed E-state index contributed by atoms with van der Waals surface area (Å²) in [4.78, 5) is 42.3. The Labute approximate surface area is 173 Å². The number of amides is 2. The van der Waals surface area contributed by atoms with Gasteiger partial charge in [0.05, 0.1) is 33.8 Å². The summed E-state index contributed by atoms with van der Waals surface area (Å²) in [6.45, 7) is 3.61. The van der Waals surface area contributed by atoms with Crippen molar-refractivity contribution >= 4 is 38.7 Å². The van der Waals surface area contributed by atoms with Gasteiger partial charge in [0.2, 0.25) is 10.0 Å². The van der Waals surface area contributed by atoms with Crippen LogP contribution in [0.15, 0.2) is 23.1 Å². The molecule has 2 aliphatic rings. The van der Waals surface area contributed by atoms with Crippen molar-refractivity contribution in [2.24, 2.45) is 0 Å². The topological polar surface area (TPSA) is 114 Å². The molecule has 3 heterocycles. The molecule has 0 N–H and O–H groups in total. The Bertz CT molecular complexity index is 1180. The van der Waals surface area contributed by atoms with E-state index in [-0.39, 0.29) is 29.2 Å². The minimum absolute atomic E-state index is 0.0726. The number of esters is 1. The average Bonchev–Trinajstić information content (AvgIpc) is 3.31. The molecule has 10 heteroatoms. The van der Waals surface area contributed by atoms with Gasteiger partial charge in [0.15, 0.2) is 0 Å². The van der Waals surface area contributed by atoms with E-state index < -0.39 is 27.8 Å². The van der Waals surface area contributed by atoms with Crippen LogP contribution in [0.4, 0.5) is 0 Å². The van der Waals surface area contributed by atoms with Crippen molar-refractivity contribution in [3.63, 3.8) is 0 Å². The predicted molar refractivity (Wildman–Crippen MR) is 106 cm³/mol. The monoisotopic (exact) mass is 431 g/mol. The quantitative estimate of drug-likeness (QED) is 0.520. The molecular formula is C20H21N3O6S. The Hall–Kier alpha value is -2.85. The molecule has 0 aliphatic carbocycles. The number of aromatic nitrogens is 1. The van der Waals surface area contributed by atoms with Crippen LogP contribution in [0.2, 0.25) is 0 Å². The molecule has 2 aromatic rings. The van der Waals surface area contributed by atoms with Gasteiger partial charge in [-0.15, -0.1) is 0 Å². The van der Waals surface area contributed by atoms with Gasteiger partial charge in [0.1, 0.15) is 6.61 Å². The number of hydrogen-bond donors (Lipinski definition) is 0. The lowest BCUT2D eigenvalue weighted by atomic mass is 10.0. The highest BCUT2D eigenvalue weighted by molar-refractivity contribution is 7.89. The number of sulfonamides is 1. The number of nitrogens with zero attached hydrogens (tertiary/aromatic N) is 3. The number of hydrogen-bond acceptors (Lipinski definition) is 7. The Kier molecular flexibility index (Phi) is 5.07. The van der Waals surface area contributed by atoms with Crippen LogP contribution >= 0.6 is 0 Å². The number of carbonyl (C=O) groups is 3. The van der Waals surface area contributed by atoms with E-state index in [1.54, 1.807) is 13.0 Å². The van der Waals surface area contributed by atoms with Gasteiger partial charge in [-0.3, -0.25) is 24.3 Å². The molecule has 0 bridgehead atoms. The van der Waals surface area contributed by atoms with Crippen LogP contribution in [0.3, 0.4) is 0 Å². The molecule has 158 valence electrons. The van der Waals surface area contributed by atoms with E-state index in [4.69, 9.17) is 4.74 Å². The van der Waals surface area contributed by atoms with Crippen molar-refractivity contribution in [1.82, 2.24) is 14.2 Å². The summed E-state index contributed by atoms with van der Waals surface area (Å²) < 4.78 is 32.2. The van der Waals surface area contributed by atoms with Gasteiger partial charge in [-0.1, -0.05) is 0 Å². The van der Waals surface area contributed by atoms with Crippen LogP contribution in [0.1, 0.15) is 46.2 Å². The van der Waals surface area contributed by atoms with Crippen LogP contribution in [-0.4, -0.2) is 66.6 Å². The number of rotatable bonds is 5. The van der Waals surface area contributed by atoms with Gasteiger partial charge in [-0.05, 0) is 38.0 Å². The predicted octanol–water partition coefficient (Wildman–Crippen LogP) is 1.49. The van der Waals surface area contributed by atoms with Crippen molar-refractivity contribution in [2.45, 2.75) is 31.6 Å². The molecule has 1 fully saturated rings. The maximum Gasteiger partial charge on any atom is 0.302 e. The number of aryl methyl sites for hydroxylation is 1. The van der Waals surface area contributed by atoms with Gasteiger partial charge < -0.3 is 4.74 Å². The summed E-state index contributed by atoms with van der Waals surface area (Å²) in [7, 11) is -3.69. The first kappa shape index (κ1) is 20.4. The summed E-state index contributed by atoms with van der Waals surface area (Å²) in [6.07, 6.45) is 1.63. The highest BCUT2D eigenvalue weighted by atomic mass is 32.2. The molecule has 1 aromatic carbocycles. The van der Waals surface area contributed by atoms with Gasteiger partial charge >= 0.3 is 5.97 Å². The normalized spacial score (nSPS) is 17.1. The highest BCUT2D eigenvalue weighted by Gasteiger charge is 2.39. The van der Waals surface area contributed by atoms with E-state index in [0.29, 0.717) is 29.7 Å². The zero-order valence-electron chi connectivity index (χ0n) is 16.7. The maximum atomic E-state index is 13.0. The van der Waals surface area contributed by atoms with Crippen molar-refractivity contribution in [3.8, 4) is 0 Å². The molecule has 0 atom stereocenters. The first-order valence-corrected chi connectivity index (χ1v) is 11.1. The lowest BCUT2D eigenvalue weighted by molar-refractivity contribution is -0.141. The van der Waals surface area contributed by atoms with E-state index in [9.17, 15) is 22.8 Å². The summed E-state index contributed by atoms with van der Waals surface area (Å²) in [6, 6.07) is 4.47. The zero-order chi connectivity index (χ0) is 21.6. The van der Waals surface area contributed by atoms with Crippen LogP contribution in [0, 0.1) is 6.92 Å². The average molecular weight is 431 g/mol. The molecule has 0 radical (unpaired) electrons. The molecular weight excluding hydrogens is 410 g/mol. The third-order valence-electron chi connectivity index (χ3n) is 5.38. The fraction of sp³-hybridized carbons (Fsp3) is 0.400. The molecule has 30 heavy (non-hydrogen) atoms. The second kappa shape index (κ2) is 7.44. The summed E-state index contributed by atoms with van der Waals surface area (Å²) in [5.74, 6) is -1.58. The third kappa shape index (κ3) is 3.25. The molecule has 1 saturated heterocycles. The van der Waals surface area contributed by atoms with E-state index in [2.05, 4.69) is 4.98 Å². The molecule has 2 aliphatic heterocycles. The van der Waals surface area contributed by atoms with Crippen LogP contribution in [0.25, 0.3) is 10.9 Å². The van der Waals surface area contributed by atoms with Crippen molar-refractivity contribution in [2.75, 3.05) is 26.2 Å². The molecule has 0 saturated carbocycles. The Morgan fingerprint density at radius 3 is 2.47 bits per heavy atom. The number of benzene rings is 1. The molecule has 0 spiro atoms. The lowest BCUT2D eigenvalue weighted by Gasteiger charge is -2.16. The van der Waals surface area contributed by atoms with E-state index in [1.807, 2.05) is 0 Å². The van der Waals surface area contributed by atoms with Crippen LogP contribution in [-0.2, 0) is 19.6 Å². The number of imide groups is 1. The smallest absolute Gasteiger partial charge is 0.302 e. The highest BCUT2D eigenvalue weighted by Crippen LogP contribution is 2.33. The lowest BCUT2D eigenvalue weighted by Crippen LogP contribution is -2.33. The molecule has 0 unspecified atom stereocenters. The largest absolute Gasteiger partial charge is 0.464 e. The van der Waals surface area contributed by atoms with Gasteiger partial charge in [-0.25, -0.2) is 8.42 Å². The fourth-order valence-corrected chi connectivity index (χ4v) is 5.48.